The normalized spacial score (nSPS) is 21.6. The first-order chi connectivity index (χ1) is 8.83. The number of alkyl halides is 1. The predicted octanol–water partition coefficient (Wildman–Crippen LogP) is 4.52. The molecule has 0 spiro atoms. The van der Waals surface area contributed by atoms with E-state index in [1.807, 2.05) is 18.2 Å². The summed E-state index contributed by atoms with van der Waals surface area (Å²) in [5.74, 6) is 1.64. The minimum Gasteiger partial charge on any atom is -0.489 e. The molecule has 0 bridgehead atoms. The molecule has 1 nitrogen and oxygen atoms in total. The Morgan fingerprint density at radius 3 is 2.28 bits per heavy atom. The zero-order valence-electron chi connectivity index (χ0n) is 10.1. The molecule has 0 saturated heterocycles. The highest BCUT2D eigenvalue weighted by molar-refractivity contribution is 9.09. The molecule has 1 saturated carbocycles. The molecule has 92 valence electrons. The predicted molar refractivity (Wildman–Crippen MR) is 77.3 cm³/mol. The van der Waals surface area contributed by atoms with Gasteiger partial charge in [-0.2, -0.15) is 0 Å². The van der Waals surface area contributed by atoms with Crippen LogP contribution in [0.25, 0.3) is 0 Å². The monoisotopic (exact) mass is 302 g/mol. The van der Waals surface area contributed by atoms with Crippen molar-refractivity contribution >= 4 is 15.9 Å². The number of halogens is 1. The Kier molecular flexibility index (Phi) is 3.37. The summed E-state index contributed by atoms with van der Waals surface area (Å²) < 4.78 is 5.76. The van der Waals surface area contributed by atoms with Gasteiger partial charge in [0.15, 0.2) is 0 Å². The Morgan fingerprint density at radius 1 is 1.00 bits per heavy atom. The maximum atomic E-state index is 5.76. The number of hydrogen-bond donors (Lipinski definition) is 0. The average Bonchev–Trinajstić information content (AvgIpc) is 3.15. The minimum absolute atomic E-state index is 0.630. The van der Waals surface area contributed by atoms with Gasteiger partial charge in [0, 0.05) is 4.83 Å². The van der Waals surface area contributed by atoms with Crippen LogP contribution >= 0.6 is 15.9 Å². The molecule has 1 aliphatic carbocycles. The van der Waals surface area contributed by atoms with Crippen molar-refractivity contribution in [2.75, 3.05) is 0 Å². The molecule has 0 amide bonds. The molecule has 3 rings (SSSR count). The van der Waals surface area contributed by atoms with Crippen LogP contribution in [-0.4, -0.2) is 4.83 Å². The third kappa shape index (κ3) is 2.75. The van der Waals surface area contributed by atoms with E-state index in [1.54, 1.807) is 0 Å². The van der Waals surface area contributed by atoms with Gasteiger partial charge in [0.2, 0.25) is 0 Å². The van der Waals surface area contributed by atoms with Crippen molar-refractivity contribution in [3.63, 3.8) is 0 Å². The zero-order valence-corrected chi connectivity index (χ0v) is 11.6. The lowest BCUT2D eigenvalue weighted by Gasteiger charge is -2.07. The van der Waals surface area contributed by atoms with Crippen molar-refractivity contribution in [2.24, 2.45) is 0 Å². The molecule has 0 radical (unpaired) electrons. The summed E-state index contributed by atoms with van der Waals surface area (Å²) in [6.45, 7) is 0.630. The summed E-state index contributed by atoms with van der Waals surface area (Å²) in [7, 11) is 0. The minimum atomic E-state index is 0.630. The van der Waals surface area contributed by atoms with Crippen molar-refractivity contribution in [1.29, 1.82) is 0 Å². The van der Waals surface area contributed by atoms with Crippen LogP contribution in [0.15, 0.2) is 54.6 Å². The van der Waals surface area contributed by atoms with Crippen LogP contribution in [0.4, 0.5) is 0 Å². The Hall–Kier alpha value is -1.28. The van der Waals surface area contributed by atoms with E-state index in [-0.39, 0.29) is 0 Å². The third-order valence-corrected chi connectivity index (χ3v) is 4.28. The molecule has 2 heteroatoms. The van der Waals surface area contributed by atoms with Crippen LogP contribution in [0.1, 0.15) is 23.5 Å². The van der Waals surface area contributed by atoms with Crippen molar-refractivity contribution in [3.05, 3.63) is 65.7 Å². The third-order valence-electron chi connectivity index (χ3n) is 3.27. The van der Waals surface area contributed by atoms with Crippen molar-refractivity contribution < 1.29 is 4.74 Å². The highest BCUT2D eigenvalue weighted by atomic mass is 79.9. The summed E-state index contributed by atoms with van der Waals surface area (Å²) in [6.07, 6.45) is 1.25. The van der Waals surface area contributed by atoms with Crippen LogP contribution in [-0.2, 0) is 6.61 Å². The Labute approximate surface area is 116 Å². The summed E-state index contributed by atoms with van der Waals surface area (Å²) in [5.41, 5.74) is 2.60. The van der Waals surface area contributed by atoms with Crippen LogP contribution in [0.5, 0.6) is 5.75 Å². The van der Waals surface area contributed by atoms with Gasteiger partial charge in [0.05, 0.1) is 0 Å². The lowest BCUT2D eigenvalue weighted by atomic mass is 10.1. The average molecular weight is 303 g/mol. The number of rotatable bonds is 4. The van der Waals surface area contributed by atoms with Gasteiger partial charge >= 0.3 is 0 Å². The van der Waals surface area contributed by atoms with E-state index in [4.69, 9.17) is 4.74 Å². The SMILES string of the molecule is Br[C@@H]1C[C@H]1c1ccc(OCc2ccccc2)cc1. The van der Waals surface area contributed by atoms with E-state index < -0.39 is 0 Å². The lowest BCUT2D eigenvalue weighted by molar-refractivity contribution is 0.306. The van der Waals surface area contributed by atoms with E-state index in [0.29, 0.717) is 17.4 Å². The van der Waals surface area contributed by atoms with Gasteiger partial charge in [-0.1, -0.05) is 58.4 Å². The molecule has 0 aliphatic heterocycles. The second-order valence-corrected chi connectivity index (χ2v) is 5.88. The molecular formula is C16H15BrO. The molecule has 1 aliphatic rings. The second kappa shape index (κ2) is 5.15. The maximum Gasteiger partial charge on any atom is 0.119 e. The molecule has 1 fully saturated rings. The molecule has 2 atom stereocenters. The number of benzene rings is 2. The molecule has 0 aromatic heterocycles. The van der Waals surface area contributed by atoms with Crippen molar-refractivity contribution in [3.8, 4) is 5.75 Å². The van der Waals surface area contributed by atoms with Crippen LogP contribution in [0, 0.1) is 0 Å². The van der Waals surface area contributed by atoms with Gasteiger partial charge in [0.25, 0.3) is 0 Å². The molecule has 18 heavy (non-hydrogen) atoms. The van der Waals surface area contributed by atoms with Gasteiger partial charge in [-0.3, -0.25) is 0 Å². The molecule has 2 aromatic rings. The Bertz CT molecular complexity index is 506. The highest BCUT2D eigenvalue weighted by Crippen LogP contribution is 2.46. The summed E-state index contributed by atoms with van der Waals surface area (Å²) >= 11 is 3.63. The van der Waals surface area contributed by atoms with Crippen molar-refractivity contribution in [2.45, 2.75) is 23.8 Å². The van der Waals surface area contributed by atoms with Gasteiger partial charge < -0.3 is 4.74 Å². The molecule has 2 aromatic carbocycles. The second-order valence-electron chi connectivity index (χ2n) is 4.70. The standard InChI is InChI=1S/C16H15BrO/c17-16-10-15(16)13-6-8-14(9-7-13)18-11-12-4-2-1-3-5-12/h1-9,15-16H,10-11H2/t15-,16+/m0/s1. The first-order valence-corrected chi connectivity index (χ1v) is 7.15. The van der Waals surface area contributed by atoms with Gasteiger partial charge in [-0.05, 0) is 35.6 Å². The van der Waals surface area contributed by atoms with E-state index >= 15 is 0 Å². The Balaban J connectivity index is 1.60. The van der Waals surface area contributed by atoms with E-state index in [9.17, 15) is 0 Å². The van der Waals surface area contributed by atoms with Crippen LogP contribution < -0.4 is 4.74 Å². The highest BCUT2D eigenvalue weighted by Gasteiger charge is 2.35. The Morgan fingerprint density at radius 2 is 1.67 bits per heavy atom. The lowest BCUT2D eigenvalue weighted by Crippen LogP contribution is -1.95. The molecule has 0 heterocycles. The summed E-state index contributed by atoms with van der Waals surface area (Å²) in [5, 5.41) is 0. The van der Waals surface area contributed by atoms with Gasteiger partial charge in [-0.25, -0.2) is 0 Å². The molecule has 0 unspecified atom stereocenters. The topological polar surface area (TPSA) is 9.23 Å². The van der Waals surface area contributed by atoms with E-state index in [2.05, 4.69) is 52.3 Å². The fraction of sp³-hybridized carbons (Fsp3) is 0.250. The van der Waals surface area contributed by atoms with Crippen molar-refractivity contribution in [1.82, 2.24) is 0 Å². The summed E-state index contributed by atoms with van der Waals surface area (Å²) in [4.78, 5) is 0.675. The van der Waals surface area contributed by atoms with Gasteiger partial charge in [-0.15, -0.1) is 0 Å². The first kappa shape index (κ1) is 11.8. The van der Waals surface area contributed by atoms with Crippen LogP contribution in [0.3, 0.4) is 0 Å². The maximum absolute atomic E-state index is 5.76. The number of hydrogen-bond acceptors (Lipinski definition) is 1. The first-order valence-electron chi connectivity index (χ1n) is 6.24. The fourth-order valence-electron chi connectivity index (χ4n) is 2.06. The smallest absolute Gasteiger partial charge is 0.119 e. The summed E-state index contributed by atoms with van der Waals surface area (Å²) in [6, 6.07) is 18.7. The van der Waals surface area contributed by atoms with E-state index in [0.717, 1.165) is 5.75 Å². The van der Waals surface area contributed by atoms with E-state index in [1.165, 1.54) is 17.5 Å². The zero-order chi connectivity index (χ0) is 12.4. The quantitative estimate of drug-likeness (QED) is 0.755. The fourth-order valence-corrected chi connectivity index (χ4v) is 2.77. The molecule has 0 N–H and O–H groups in total. The number of ether oxygens (including phenoxy) is 1. The molecular weight excluding hydrogens is 288 g/mol. The van der Waals surface area contributed by atoms with Gasteiger partial charge in [0.1, 0.15) is 12.4 Å². The largest absolute Gasteiger partial charge is 0.489 e. The van der Waals surface area contributed by atoms with Crippen LogP contribution in [0.2, 0.25) is 0 Å².